The van der Waals surface area contributed by atoms with E-state index in [2.05, 4.69) is 32.9 Å². The first kappa shape index (κ1) is 10.4. The van der Waals surface area contributed by atoms with E-state index in [-0.39, 0.29) is 5.91 Å². The van der Waals surface area contributed by atoms with Gasteiger partial charge in [-0.15, -0.1) is 0 Å². The average molecular weight is 290 g/mol. The van der Waals surface area contributed by atoms with Gasteiger partial charge in [0.1, 0.15) is 0 Å². The Hall–Kier alpha value is -0.650. The van der Waals surface area contributed by atoms with Gasteiger partial charge in [0.2, 0.25) is 0 Å². The zero-order valence-corrected chi connectivity index (χ0v) is 9.54. The van der Waals surface area contributed by atoms with Crippen LogP contribution in [0, 0.1) is 6.92 Å². The quantitative estimate of drug-likeness (QED) is 0.678. The molecule has 0 saturated heterocycles. The normalized spacial score (nSPS) is 9.69. The summed E-state index contributed by atoms with van der Waals surface area (Å²) >= 11 is 2.22. The van der Waals surface area contributed by atoms with Crippen molar-refractivity contribution in [3.8, 4) is 0 Å². The fourth-order valence-electron chi connectivity index (χ4n) is 0.980. The Balaban J connectivity index is 2.71. The number of pyridine rings is 1. The maximum atomic E-state index is 11.5. The van der Waals surface area contributed by atoms with Gasteiger partial charge in [-0.05, 0) is 19.1 Å². The van der Waals surface area contributed by atoms with E-state index in [1.54, 1.807) is 18.3 Å². The Morgan fingerprint density at radius 1 is 1.69 bits per heavy atom. The molecule has 0 aliphatic rings. The molecule has 1 heterocycles. The lowest BCUT2D eigenvalue weighted by atomic mass is 10.2. The number of carbonyl (C=O) groups is 1. The van der Waals surface area contributed by atoms with Gasteiger partial charge in [0.15, 0.2) is 0 Å². The molecule has 0 bridgehead atoms. The molecular formula is C9H11IN2O. The van der Waals surface area contributed by atoms with Crippen LogP contribution in [0.2, 0.25) is 0 Å². The molecule has 0 atom stereocenters. The van der Waals surface area contributed by atoms with Gasteiger partial charge >= 0.3 is 0 Å². The summed E-state index contributed by atoms with van der Waals surface area (Å²) in [7, 11) is 0. The first-order chi connectivity index (χ1) is 6.25. The molecule has 3 nitrogen and oxygen atoms in total. The van der Waals surface area contributed by atoms with Crippen LogP contribution in [-0.4, -0.2) is 21.9 Å². The number of aryl methyl sites for hydroxylation is 1. The number of hydrogen-bond donors (Lipinski definition) is 1. The summed E-state index contributed by atoms with van der Waals surface area (Å²) in [6.07, 6.45) is 1.68. The highest BCUT2D eigenvalue weighted by molar-refractivity contribution is 14.1. The Kier molecular flexibility index (Phi) is 4.14. The van der Waals surface area contributed by atoms with Crippen LogP contribution in [0.5, 0.6) is 0 Å². The molecule has 0 spiro atoms. The molecule has 1 aromatic heterocycles. The zero-order chi connectivity index (χ0) is 9.68. The van der Waals surface area contributed by atoms with Crippen molar-refractivity contribution in [2.45, 2.75) is 6.92 Å². The molecular weight excluding hydrogens is 279 g/mol. The topological polar surface area (TPSA) is 42.0 Å². The molecule has 0 saturated carbocycles. The highest BCUT2D eigenvalue weighted by Gasteiger charge is 2.06. The summed E-state index contributed by atoms with van der Waals surface area (Å²) in [6.45, 7) is 2.53. The SMILES string of the molecule is Cc1ncccc1C(=O)NCCI. The smallest absolute Gasteiger partial charge is 0.253 e. The predicted molar refractivity (Wildman–Crippen MR) is 60.2 cm³/mol. The molecule has 70 valence electrons. The van der Waals surface area contributed by atoms with Crippen molar-refractivity contribution in [3.05, 3.63) is 29.6 Å². The van der Waals surface area contributed by atoms with Crippen LogP contribution in [0.15, 0.2) is 18.3 Å². The van der Waals surface area contributed by atoms with E-state index < -0.39 is 0 Å². The molecule has 0 unspecified atom stereocenters. The van der Waals surface area contributed by atoms with Gasteiger partial charge in [0, 0.05) is 22.9 Å². The Bertz CT molecular complexity index is 301. The molecule has 1 N–H and O–H groups in total. The molecule has 0 radical (unpaired) electrons. The number of aromatic nitrogens is 1. The first-order valence-electron chi connectivity index (χ1n) is 4.01. The molecule has 1 amide bonds. The summed E-state index contributed by atoms with van der Waals surface area (Å²) < 4.78 is 0.919. The highest BCUT2D eigenvalue weighted by Crippen LogP contribution is 2.02. The number of rotatable bonds is 3. The molecule has 0 fully saturated rings. The molecule has 0 aromatic carbocycles. The van der Waals surface area contributed by atoms with Gasteiger partial charge < -0.3 is 5.32 Å². The number of halogens is 1. The maximum Gasteiger partial charge on any atom is 0.253 e. The Morgan fingerprint density at radius 3 is 3.08 bits per heavy atom. The van der Waals surface area contributed by atoms with Crippen LogP contribution < -0.4 is 5.32 Å². The van der Waals surface area contributed by atoms with Crippen LogP contribution in [0.1, 0.15) is 16.1 Å². The highest BCUT2D eigenvalue weighted by atomic mass is 127. The summed E-state index contributed by atoms with van der Waals surface area (Å²) in [5.74, 6) is -0.0396. The minimum absolute atomic E-state index is 0.0396. The van der Waals surface area contributed by atoms with Gasteiger partial charge in [-0.3, -0.25) is 9.78 Å². The molecule has 1 rings (SSSR count). The first-order valence-corrected chi connectivity index (χ1v) is 5.54. The largest absolute Gasteiger partial charge is 0.351 e. The second-order valence-corrected chi connectivity index (χ2v) is 3.66. The van der Waals surface area contributed by atoms with Crippen molar-refractivity contribution >= 4 is 28.5 Å². The van der Waals surface area contributed by atoms with Crippen molar-refractivity contribution in [2.75, 3.05) is 11.0 Å². The standard InChI is InChI=1S/C9H11IN2O/c1-7-8(3-2-5-11-7)9(13)12-6-4-10/h2-3,5H,4,6H2,1H3,(H,12,13). The number of nitrogens with zero attached hydrogens (tertiary/aromatic N) is 1. The van der Waals surface area contributed by atoms with Crippen molar-refractivity contribution in [2.24, 2.45) is 0 Å². The van der Waals surface area contributed by atoms with E-state index in [0.29, 0.717) is 12.1 Å². The van der Waals surface area contributed by atoms with Crippen LogP contribution in [0.25, 0.3) is 0 Å². The van der Waals surface area contributed by atoms with Gasteiger partial charge in [-0.1, -0.05) is 22.6 Å². The minimum atomic E-state index is -0.0396. The monoisotopic (exact) mass is 290 g/mol. The van der Waals surface area contributed by atoms with Crippen molar-refractivity contribution in [1.29, 1.82) is 0 Å². The lowest BCUT2D eigenvalue weighted by Gasteiger charge is -2.04. The van der Waals surface area contributed by atoms with Crippen LogP contribution >= 0.6 is 22.6 Å². The fourth-order valence-corrected chi connectivity index (χ4v) is 1.25. The van der Waals surface area contributed by atoms with Crippen molar-refractivity contribution < 1.29 is 4.79 Å². The number of carbonyl (C=O) groups excluding carboxylic acids is 1. The molecule has 4 heteroatoms. The van der Waals surface area contributed by atoms with Gasteiger partial charge in [0.05, 0.1) is 5.56 Å². The van der Waals surface area contributed by atoms with Crippen molar-refractivity contribution in [3.63, 3.8) is 0 Å². The Labute approximate surface area is 91.1 Å². The maximum absolute atomic E-state index is 11.5. The van der Waals surface area contributed by atoms with Crippen LogP contribution in [-0.2, 0) is 0 Å². The minimum Gasteiger partial charge on any atom is -0.351 e. The van der Waals surface area contributed by atoms with Crippen LogP contribution in [0.3, 0.4) is 0 Å². The van der Waals surface area contributed by atoms with E-state index in [1.807, 2.05) is 6.92 Å². The van der Waals surface area contributed by atoms with Crippen molar-refractivity contribution in [1.82, 2.24) is 10.3 Å². The molecule has 0 aliphatic heterocycles. The zero-order valence-electron chi connectivity index (χ0n) is 7.38. The van der Waals surface area contributed by atoms with Gasteiger partial charge in [0.25, 0.3) is 5.91 Å². The molecule has 0 aliphatic carbocycles. The lowest BCUT2D eigenvalue weighted by molar-refractivity contribution is 0.0955. The summed E-state index contributed by atoms with van der Waals surface area (Å²) in [5.41, 5.74) is 1.43. The van der Waals surface area contributed by atoms with E-state index in [0.717, 1.165) is 10.1 Å². The second kappa shape index (κ2) is 5.16. The third kappa shape index (κ3) is 2.95. The van der Waals surface area contributed by atoms with E-state index in [1.165, 1.54) is 0 Å². The summed E-state index contributed by atoms with van der Waals surface area (Å²) in [5, 5.41) is 2.80. The number of nitrogens with one attached hydrogen (secondary N) is 1. The van der Waals surface area contributed by atoms with Gasteiger partial charge in [-0.2, -0.15) is 0 Å². The van der Waals surface area contributed by atoms with Gasteiger partial charge in [-0.25, -0.2) is 0 Å². The Morgan fingerprint density at radius 2 is 2.46 bits per heavy atom. The van der Waals surface area contributed by atoms with E-state index >= 15 is 0 Å². The summed E-state index contributed by atoms with van der Waals surface area (Å²) in [4.78, 5) is 15.5. The summed E-state index contributed by atoms with van der Waals surface area (Å²) in [6, 6.07) is 3.55. The third-order valence-electron chi connectivity index (χ3n) is 1.63. The molecule has 1 aromatic rings. The number of alkyl halides is 1. The lowest BCUT2D eigenvalue weighted by Crippen LogP contribution is -2.26. The third-order valence-corrected chi connectivity index (χ3v) is 2.17. The fraction of sp³-hybridized carbons (Fsp3) is 0.333. The predicted octanol–water partition coefficient (Wildman–Crippen LogP) is 1.55. The van der Waals surface area contributed by atoms with E-state index in [9.17, 15) is 4.79 Å². The second-order valence-electron chi connectivity index (χ2n) is 2.58. The molecule has 13 heavy (non-hydrogen) atoms. The van der Waals surface area contributed by atoms with E-state index in [4.69, 9.17) is 0 Å². The number of amides is 1. The number of hydrogen-bond acceptors (Lipinski definition) is 2. The average Bonchev–Trinajstić information content (AvgIpc) is 2.15. The van der Waals surface area contributed by atoms with Crippen LogP contribution in [0.4, 0.5) is 0 Å².